The highest BCUT2D eigenvalue weighted by molar-refractivity contribution is 14.0. The van der Waals surface area contributed by atoms with Crippen LogP contribution in [0.15, 0.2) is 17.6 Å². The number of aliphatic imine (C=N–C) groups is 1. The molecular formula is C15H30IN5O. The van der Waals surface area contributed by atoms with Gasteiger partial charge in [-0.15, -0.1) is 30.6 Å². The molecule has 0 radical (unpaired) electrons. The molecular weight excluding hydrogens is 393 g/mol. The molecule has 1 atom stereocenters. The minimum Gasteiger partial charge on any atom is -0.356 e. The molecule has 128 valence electrons. The molecule has 0 aromatic carbocycles. The second kappa shape index (κ2) is 11.7. The molecule has 1 aliphatic heterocycles. The van der Waals surface area contributed by atoms with E-state index in [-0.39, 0.29) is 35.9 Å². The summed E-state index contributed by atoms with van der Waals surface area (Å²) in [6.45, 7) is 7.17. The van der Waals surface area contributed by atoms with Gasteiger partial charge in [-0.25, -0.2) is 0 Å². The summed E-state index contributed by atoms with van der Waals surface area (Å²) >= 11 is 0. The Labute approximate surface area is 151 Å². The average Bonchev–Trinajstić information content (AvgIpc) is 2.93. The first-order valence-corrected chi connectivity index (χ1v) is 7.60. The molecule has 1 saturated heterocycles. The number of halogens is 1. The number of likely N-dealkylation sites (N-methyl/N-ethyl adjacent to an activating group) is 1. The SMILES string of the molecule is C=CCNC(=NC)NCCCN1CCCC1C(=O)N(C)C.I. The Kier molecular flexibility index (Phi) is 11.3. The fourth-order valence-corrected chi connectivity index (χ4v) is 2.55. The fourth-order valence-electron chi connectivity index (χ4n) is 2.55. The molecule has 1 unspecified atom stereocenters. The van der Waals surface area contributed by atoms with Crippen molar-refractivity contribution in [1.29, 1.82) is 0 Å². The number of nitrogens with one attached hydrogen (secondary N) is 2. The summed E-state index contributed by atoms with van der Waals surface area (Å²) in [7, 11) is 5.41. The molecule has 6 nitrogen and oxygen atoms in total. The van der Waals surface area contributed by atoms with Gasteiger partial charge in [0.25, 0.3) is 0 Å². The lowest BCUT2D eigenvalue weighted by Crippen LogP contribution is -2.44. The highest BCUT2D eigenvalue weighted by Crippen LogP contribution is 2.18. The van der Waals surface area contributed by atoms with E-state index in [0.29, 0.717) is 6.54 Å². The zero-order chi connectivity index (χ0) is 15.7. The lowest BCUT2D eigenvalue weighted by molar-refractivity contribution is -0.133. The van der Waals surface area contributed by atoms with Gasteiger partial charge in [-0.05, 0) is 25.8 Å². The molecule has 1 amide bonds. The summed E-state index contributed by atoms with van der Waals surface area (Å²) < 4.78 is 0. The van der Waals surface area contributed by atoms with Gasteiger partial charge in [0.2, 0.25) is 5.91 Å². The van der Waals surface area contributed by atoms with Crippen molar-refractivity contribution in [1.82, 2.24) is 20.4 Å². The zero-order valence-electron chi connectivity index (χ0n) is 14.0. The van der Waals surface area contributed by atoms with Crippen molar-refractivity contribution in [3.63, 3.8) is 0 Å². The van der Waals surface area contributed by atoms with Crippen LogP contribution in [-0.2, 0) is 4.79 Å². The average molecular weight is 423 g/mol. The molecule has 0 aromatic rings. The lowest BCUT2D eigenvalue weighted by atomic mass is 10.2. The number of hydrogen-bond donors (Lipinski definition) is 2. The molecule has 22 heavy (non-hydrogen) atoms. The van der Waals surface area contributed by atoms with E-state index in [2.05, 4.69) is 27.1 Å². The second-order valence-corrected chi connectivity index (χ2v) is 5.45. The number of carbonyl (C=O) groups is 1. The van der Waals surface area contributed by atoms with Gasteiger partial charge in [0.15, 0.2) is 5.96 Å². The van der Waals surface area contributed by atoms with E-state index in [1.807, 2.05) is 14.1 Å². The standard InChI is InChI=1S/C15H29N5O.HI/c1-5-9-17-15(16-2)18-10-7-12-20-11-6-8-13(20)14(21)19(3)4;/h5,13H,1,6-12H2,2-4H3,(H2,16,17,18);1H. The van der Waals surface area contributed by atoms with Gasteiger partial charge in [-0.1, -0.05) is 6.08 Å². The van der Waals surface area contributed by atoms with E-state index in [1.165, 1.54) is 0 Å². The smallest absolute Gasteiger partial charge is 0.239 e. The number of guanidine groups is 1. The molecule has 1 heterocycles. The van der Waals surface area contributed by atoms with Gasteiger partial charge in [0.1, 0.15) is 0 Å². The molecule has 0 aliphatic carbocycles. The normalized spacial score (nSPS) is 18.5. The summed E-state index contributed by atoms with van der Waals surface area (Å²) in [6, 6.07) is 0.0678. The highest BCUT2D eigenvalue weighted by atomic mass is 127. The lowest BCUT2D eigenvalue weighted by Gasteiger charge is -2.26. The maximum atomic E-state index is 12.1. The summed E-state index contributed by atoms with van der Waals surface area (Å²) in [5.74, 6) is 1.01. The maximum absolute atomic E-state index is 12.1. The van der Waals surface area contributed by atoms with Gasteiger partial charge >= 0.3 is 0 Å². The Hall–Kier alpha value is -0.830. The van der Waals surface area contributed by atoms with Crippen LogP contribution in [0, 0.1) is 0 Å². The van der Waals surface area contributed by atoms with E-state index in [4.69, 9.17) is 0 Å². The quantitative estimate of drug-likeness (QED) is 0.210. The largest absolute Gasteiger partial charge is 0.356 e. The summed E-state index contributed by atoms with van der Waals surface area (Å²) in [4.78, 5) is 20.2. The number of likely N-dealkylation sites (tertiary alicyclic amines) is 1. The first kappa shape index (κ1) is 21.2. The van der Waals surface area contributed by atoms with E-state index < -0.39 is 0 Å². The fraction of sp³-hybridized carbons (Fsp3) is 0.733. The van der Waals surface area contributed by atoms with Crippen LogP contribution in [0.3, 0.4) is 0 Å². The third-order valence-electron chi connectivity index (χ3n) is 3.64. The van der Waals surface area contributed by atoms with Crippen molar-refractivity contribution in [2.24, 2.45) is 4.99 Å². The van der Waals surface area contributed by atoms with Gasteiger partial charge in [-0.3, -0.25) is 14.7 Å². The molecule has 1 rings (SSSR count). The molecule has 0 saturated carbocycles. The highest BCUT2D eigenvalue weighted by Gasteiger charge is 2.30. The Bertz CT molecular complexity index is 373. The van der Waals surface area contributed by atoms with Crippen molar-refractivity contribution < 1.29 is 4.79 Å². The van der Waals surface area contributed by atoms with E-state index >= 15 is 0 Å². The predicted molar refractivity (Wildman–Crippen MR) is 103 cm³/mol. The van der Waals surface area contributed by atoms with Gasteiger partial charge in [0, 0.05) is 40.8 Å². The first-order chi connectivity index (χ1) is 10.1. The van der Waals surface area contributed by atoms with Crippen molar-refractivity contribution >= 4 is 35.8 Å². The minimum atomic E-state index is 0. The minimum absolute atomic E-state index is 0. The van der Waals surface area contributed by atoms with Crippen LogP contribution in [0.4, 0.5) is 0 Å². The van der Waals surface area contributed by atoms with Crippen LogP contribution in [-0.4, -0.2) is 75.0 Å². The molecule has 1 aliphatic rings. The van der Waals surface area contributed by atoms with Crippen LogP contribution in [0.2, 0.25) is 0 Å². The monoisotopic (exact) mass is 423 g/mol. The molecule has 0 spiro atoms. The number of amides is 1. The van der Waals surface area contributed by atoms with Gasteiger partial charge in [0.05, 0.1) is 6.04 Å². The maximum Gasteiger partial charge on any atom is 0.239 e. The third-order valence-corrected chi connectivity index (χ3v) is 3.64. The summed E-state index contributed by atoms with van der Waals surface area (Å²) in [6.07, 6.45) is 4.88. The number of hydrogen-bond acceptors (Lipinski definition) is 3. The number of carbonyl (C=O) groups excluding carboxylic acids is 1. The molecule has 7 heteroatoms. The van der Waals surface area contributed by atoms with Crippen LogP contribution in [0.25, 0.3) is 0 Å². The Morgan fingerprint density at radius 3 is 2.77 bits per heavy atom. The van der Waals surface area contributed by atoms with Crippen molar-refractivity contribution in [2.45, 2.75) is 25.3 Å². The topological polar surface area (TPSA) is 60.0 Å². The van der Waals surface area contributed by atoms with Crippen LogP contribution >= 0.6 is 24.0 Å². The number of nitrogens with zero attached hydrogens (tertiary/aromatic N) is 3. The van der Waals surface area contributed by atoms with Crippen LogP contribution in [0.1, 0.15) is 19.3 Å². The first-order valence-electron chi connectivity index (χ1n) is 7.60. The number of rotatable bonds is 7. The third kappa shape index (κ3) is 6.95. The molecule has 2 N–H and O–H groups in total. The Morgan fingerprint density at radius 1 is 1.45 bits per heavy atom. The predicted octanol–water partition coefficient (Wildman–Crippen LogP) is 0.898. The van der Waals surface area contributed by atoms with Crippen LogP contribution in [0.5, 0.6) is 0 Å². The van der Waals surface area contributed by atoms with Crippen LogP contribution < -0.4 is 10.6 Å². The Morgan fingerprint density at radius 2 is 2.18 bits per heavy atom. The van der Waals surface area contributed by atoms with Crippen molar-refractivity contribution in [3.8, 4) is 0 Å². The zero-order valence-corrected chi connectivity index (χ0v) is 16.3. The Balaban J connectivity index is 0.00000441. The van der Waals surface area contributed by atoms with E-state index in [0.717, 1.165) is 44.9 Å². The molecule has 0 aromatic heterocycles. The second-order valence-electron chi connectivity index (χ2n) is 5.45. The van der Waals surface area contributed by atoms with Gasteiger partial charge in [-0.2, -0.15) is 0 Å². The van der Waals surface area contributed by atoms with E-state index in [1.54, 1.807) is 18.0 Å². The molecule has 0 bridgehead atoms. The van der Waals surface area contributed by atoms with E-state index in [9.17, 15) is 4.79 Å². The van der Waals surface area contributed by atoms with Crippen molar-refractivity contribution in [2.75, 3.05) is 47.3 Å². The van der Waals surface area contributed by atoms with Crippen molar-refractivity contribution in [3.05, 3.63) is 12.7 Å². The van der Waals surface area contributed by atoms with Gasteiger partial charge < -0.3 is 15.5 Å². The summed E-state index contributed by atoms with van der Waals surface area (Å²) in [5, 5.41) is 6.40. The molecule has 1 fully saturated rings. The summed E-state index contributed by atoms with van der Waals surface area (Å²) in [5.41, 5.74) is 0.